The van der Waals surface area contributed by atoms with Gasteiger partial charge in [0, 0.05) is 37.3 Å². The number of carbonyl (C=O) groups excluding carboxylic acids is 1. The number of likely N-dealkylation sites (tertiary alicyclic amines) is 1. The average molecular weight is 434 g/mol. The highest BCUT2D eigenvalue weighted by Gasteiger charge is 2.35. The number of nitrogens with zero attached hydrogens (tertiary/aromatic N) is 3. The third-order valence-electron chi connectivity index (χ3n) is 6.21. The van der Waals surface area contributed by atoms with Gasteiger partial charge in [-0.2, -0.15) is 8.42 Å². The van der Waals surface area contributed by atoms with Crippen molar-refractivity contribution in [1.29, 1.82) is 0 Å². The summed E-state index contributed by atoms with van der Waals surface area (Å²) in [6.45, 7) is 1.20. The lowest BCUT2D eigenvalue weighted by molar-refractivity contribution is -0.123. The smallest absolute Gasteiger partial charge is 0.285 e. The first kappa shape index (κ1) is 19.8. The second kappa shape index (κ2) is 7.50. The zero-order valence-corrected chi connectivity index (χ0v) is 18.0. The van der Waals surface area contributed by atoms with Crippen molar-refractivity contribution in [2.75, 3.05) is 25.0 Å². The second-order valence-corrected chi connectivity index (χ2v) is 9.65. The highest BCUT2D eigenvalue weighted by molar-refractivity contribution is 7.90. The van der Waals surface area contributed by atoms with E-state index in [-0.39, 0.29) is 16.7 Å². The van der Waals surface area contributed by atoms with E-state index in [2.05, 4.69) is 10.5 Å². The molecule has 0 atom stereocenters. The Hall–Kier alpha value is -3.19. The number of fused-ring (bicyclic) bond motifs is 2. The van der Waals surface area contributed by atoms with Gasteiger partial charge in [-0.25, -0.2) is 0 Å². The SMILES string of the molecule is CN(C(=O)C1CCN(C2=NS(=O)(=O)c3ccccc32)CC1)c1ccc2ccccc2c1. The van der Waals surface area contributed by atoms with Crippen molar-refractivity contribution < 1.29 is 13.2 Å². The van der Waals surface area contributed by atoms with Crippen LogP contribution < -0.4 is 4.90 Å². The lowest BCUT2D eigenvalue weighted by Crippen LogP contribution is -2.43. The van der Waals surface area contributed by atoms with Crippen LogP contribution in [-0.4, -0.2) is 45.2 Å². The van der Waals surface area contributed by atoms with E-state index in [1.54, 1.807) is 23.1 Å². The molecule has 0 bridgehead atoms. The molecule has 2 aliphatic rings. The molecule has 6 nitrogen and oxygen atoms in total. The number of sulfonamides is 1. The van der Waals surface area contributed by atoms with Crippen molar-refractivity contribution in [2.24, 2.45) is 10.3 Å². The van der Waals surface area contributed by atoms with Crippen molar-refractivity contribution in [2.45, 2.75) is 17.7 Å². The van der Waals surface area contributed by atoms with Crippen LogP contribution in [0.4, 0.5) is 5.69 Å². The van der Waals surface area contributed by atoms with E-state index in [9.17, 15) is 13.2 Å². The number of carbonyl (C=O) groups is 1. The predicted molar refractivity (Wildman–Crippen MR) is 122 cm³/mol. The van der Waals surface area contributed by atoms with Crippen molar-refractivity contribution >= 4 is 38.2 Å². The number of hydrogen-bond donors (Lipinski definition) is 0. The fourth-order valence-corrected chi connectivity index (χ4v) is 5.67. The van der Waals surface area contributed by atoms with E-state index in [0.717, 1.165) is 16.5 Å². The van der Waals surface area contributed by atoms with Crippen LogP contribution in [0.5, 0.6) is 0 Å². The highest BCUT2D eigenvalue weighted by Crippen LogP contribution is 2.31. The highest BCUT2D eigenvalue weighted by atomic mass is 32.2. The summed E-state index contributed by atoms with van der Waals surface area (Å²) in [5, 5.41) is 2.25. The summed E-state index contributed by atoms with van der Waals surface area (Å²) in [6.07, 6.45) is 1.33. The van der Waals surface area contributed by atoms with Crippen molar-refractivity contribution in [3.8, 4) is 0 Å². The van der Waals surface area contributed by atoms with Gasteiger partial charge in [0.15, 0.2) is 5.84 Å². The summed E-state index contributed by atoms with van der Waals surface area (Å²) < 4.78 is 28.7. The molecule has 5 rings (SSSR count). The summed E-state index contributed by atoms with van der Waals surface area (Å²) in [7, 11) is -1.81. The first-order valence-corrected chi connectivity index (χ1v) is 11.8. The maximum absolute atomic E-state index is 13.1. The molecule has 3 aromatic carbocycles. The molecule has 31 heavy (non-hydrogen) atoms. The lowest BCUT2D eigenvalue weighted by atomic mass is 9.94. The molecule has 3 aromatic rings. The predicted octanol–water partition coefficient (Wildman–Crippen LogP) is 3.66. The van der Waals surface area contributed by atoms with E-state index in [1.807, 2.05) is 54.4 Å². The molecular weight excluding hydrogens is 410 g/mol. The lowest BCUT2D eigenvalue weighted by Gasteiger charge is -2.34. The van der Waals surface area contributed by atoms with Gasteiger partial charge in [-0.3, -0.25) is 4.79 Å². The summed E-state index contributed by atoms with van der Waals surface area (Å²) >= 11 is 0. The maximum Gasteiger partial charge on any atom is 0.285 e. The monoisotopic (exact) mass is 433 g/mol. The Bertz CT molecular complexity index is 1310. The van der Waals surface area contributed by atoms with E-state index in [4.69, 9.17) is 0 Å². The minimum Gasteiger partial charge on any atom is -0.355 e. The number of piperidine rings is 1. The van der Waals surface area contributed by atoms with Gasteiger partial charge in [0.25, 0.3) is 10.0 Å². The Balaban J connectivity index is 1.30. The van der Waals surface area contributed by atoms with Crippen LogP contribution in [0, 0.1) is 5.92 Å². The molecule has 7 heteroatoms. The molecule has 0 aromatic heterocycles. The summed E-state index contributed by atoms with van der Waals surface area (Å²) in [5.74, 6) is 0.502. The van der Waals surface area contributed by atoms with Crippen LogP contribution in [0.25, 0.3) is 10.8 Å². The molecule has 2 heterocycles. The largest absolute Gasteiger partial charge is 0.355 e. The second-order valence-electron chi connectivity index (χ2n) is 8.08. The van der Waals surface area contributed by atoms with Gasteiger partial charge in [-0.1, -0.05) is 42.5 Å². The Morgan fingerprint density at radius 2 is 1.65 bits per heavy atom. The van der Waals surface area contributed by atoms with E-state index in [1.165, 1.54) is 0 Å². The fourth-order valence-electron chi connectivity index (χ4n) is 4.44. The average Bonchev–Trinajstić information content (AvgIpc) is 3.09. The fraction of sp³-hybridized carbons (Fsp3) is 0.250. The number of amidine groups is 1. The van der Waals surface area contributed by atoms with Crippen LogP contribution in [0.15, 0.2) is 76.0 Å². The molecule has 0 unspecified atom stereocenters. The maximum atomic E-state index is 13.1. The molecule has 1 amide bonds. The van der Waals surface area contributed by atoms with Crippen molar-refractivity contribution in [1.82, 2.24) is 4.90 Å². The number of amides is 1. The molecule has 0 saturated carbocycles. The van der Waals surface area contributed by atoms with Gasteiger partial charge in [-0.15, -0.1) is 4.40 Å². The number of rotatable bonds is 2. The minimum atomic E-state index is -3.63. The normalized spacial score (nSPS) is 18.0. The van der Waals surface area contributed by atoms with E-state index >= 15 is 0 Å². The van der Waals surface area contributed by atoms with Crippen LogP contribution in [0.2, 0.25) is 0 Å². The third-order valence-corrected chi connectivity index (χ3v) is 7.53. The van der Waals surface area contributed by atoms with Gasteiger partial charge in [0.1, 0.15) is 4.90 Å². The van der Waals surface area contributed by atoms with Crippen LogP contribution in [-0.2, 0) is 14.8 Å². The first-order valence-electron chi connectivity index (χ1n) is 10.4. The van der Waals surface area contributed by atoms with Gasteiger partial charge in [-0.05, 0) is 47.9 Å². The molecule has 1 saturated heterocycles. The Morgan fingerprint density at radius 3 is 2.42 bits per heavy atom. The molecule has 0 radical (unpaired) electrons. The third kappa shape index (κ3) is 3.49. The number of hydrogen-bond acceptors (Lipinski definition) is 4. The Kier molecular flexibility index (Phi) is 4.78. The summed E-state index contributed by atoms with van der Waals surface area (Å²) in [5.41, 5.74) is 1.53. The Morgan fingerprint density at radius 1 is 0.968 bits per heavy atom. The van der Waals surface area contributed by atoms with Gasteiger partial charge in [0.2, 0.25) is 5.91 Å². The van der Waals surface area contributed by atoms with Gasteiger partial charge >= 0.3 is 0 Å². The quantitative estimate of drug-likeness (QED) is 0.618. The van der Waals surface area contributed by atoms with Crippen molar-refractivity contribution in [3.05, 3.63) is 72.3 Å². The molecule has 0 N–H and O–H groups in total. The summed E-state index contributed by atoms with van der Waals surface area (Å²) in [4.78, 5) is 17.1. The summed E-state index contributed by atoms with van der Waals surface area (Å²) in [6, 6.07) is 21.1. The van der Waals surface area contributed by atoms with E-state index in [0.29, 0.717) is 37.3 Å². The topological polar surface area (TPSA) is 70.1 Å². The van der Waals surface area contributed by atoms with Crippen LogP contribution in [0.1, 0.15) is 18.4 Å². The van der Waals surface area contributed by atoms with E-state index < -0.39 is 10.0 Å². The van der Waals surface area contributed by atoms with Gasteiger partial charge in [0.05, 0.1) is 0 Å². The Labute approximate surface area is 181 Å². The minimum absolute atomic E-state index is 0.0938. The molecule has 158 valence electrons. The van der Waals surface area contributed by atoms with Gasteiger partial charge < -0.3 is 9.80 Å². The standard InChI is InChI=1S/C24H23N3O3S/c1-26(20-11-10-17-6-2-3-7-19(17)16-20)24(28)18-12-14-27(15-13-18)23-21-8-4-5-9-22(21)31(29,30)25-23/h2-11,16,18H,12-15H2,1H3. The van der Waals surface area contributed by atoms with Crippen molar-refractivity contribution in [3.63, 3.8) is 0 Å². The zero-order valence-electron chi connectivity index (χ0n) is 17.2. The van der Waals surface area contributed by atoms with Crippen LogP contribution in [0.3, 0.4) is 0 Å². The zero-order chi connectivity index (χ0) is 21.6. The molecule has 1 fully saturated rings. The van der Waals surface area contributed by atoms with Crippen LogP contribution >= 0.6 is 0 Å². The molecule has 2 aliphatic heterocycles. The number of anilines is 1. The molecule has 0 aliphatic carbocycles. The molecular formula is C24H23N3O3S. The molecule has 0 spiro atoms. The first-order chi connectivity index (χ1) is 14.9. The number of benzene rings is 3.